The molecular weight excluding hydrogens is 254 g/mol. The van der Waals surface area contributed by atoms with Crippen molar-refractivity contribution in [3.05, 3.63) is 23.8 Å². The maximum absolute atomic E-state index is 5.60. The number of hydrogen-bond acceptors (Lipinski definition) is 5. The Hall–Kier alpha value is -1.30. The number of piperazine rings is 1. The molecule has 0 bridgehead atoms. The van der Waals surface area contributed by atoms with Crippen LogP contribution in [0.15, 0.2) is 18.2 Å². The molecule has 0 unspecified atom stereocenters. The molecule has 112 valence electrons. The van der Waals surface area contributed by atoms with E-state index in [0.717, 1.165) is 57.3 Å². The molecule has 0 amide bonds. The first-order valence-corrected chi connectivity index (χ1v) is 7.12. The van der Waals surface area contributed by atoms with E-state index in [1.807, 2.05) is 6.07 Å². The third-order valence-electron chi connectivity index (χ3n) is 3.73. The SMILES string of the molecule is COc1cc(CN2CCN(CCN)CC2)cc(OC)c1. The normalized spacial score (nSPS) is 17.1. The first kappa shape index (κ1) is 15.1. The highest BCUT2D eigenvalue weighted by atomic mass is 16.5. The molecule has 0 spiro atoms. The van der Waals surface area contributed by atoms with Crippen LogP contribution in [0.2, 0.25) is 0 Å². The summed E-state index contributed by atoms with van der Waals surface area (Å²) in [6, 6.07) is 6.06. The minimum atomic E-state index is 0.743. The summed E-state index contributed by atoms with van der Waals surface area (Å²) in [4.78, 5) is 4.88. The lowest BCUT2D eigenvalue weighted by atomic mass is 10.1. The fourth-order valence-corrected chi connectivity index (χ4v) is 2.57. The van der Waals surface area contributed by atoms with Crippen LogP contribution in [0.4, 0.5) is 0 Å². The second kappa shape index (κ2) is 7.47. The van der Waals surface area contributed by atoms with Crippen LogP contribution in [0, 0.1) is 0 Å². The Kier molecular flexibility index (Phi) is 5.64. The third-order valence-corrected chi connectivity index (χ3v) is 3.73. The Morgan fingerprint density at radius 1 is 0.950 bits per heavy atom. The summed E-state index contributed by atoms with van der Waals surface area (Å²) < 4.78 is 10.6. The second-order valence-corrected chi connectivity index (χ2v) is 5.13. The third kappa shape index (κ3) is 4.10. The summed E-state index contributed by atoms with van der Waals surface area (Å²) in [5.41, 5.74) is 6.83. The zero-order valence-electron chi connectivity index (χ0n) is 12.5. The zero-order valence-corrected chi connectivity index (χ0v) is 12.5. The monoisotopic (exact) mass is 279 g/mol. The van der Waals surface area contributed by atoms with E-state index in [1.165, 1.54) is 5.56 Å². The summed E-state index contributed by atoms with van der Waals surface area (Å²) in [7, 11) is 3.37. The highest BCUT2D eigenvalue weighted by Crippen LogP contribution is 2.23. The molecule has 0 radical (unpaired) electrons. The molecule has 1 fully saturated rings. The van der Waals surface area contributed by atoms with Gasteiger partial charge in [0.25, 0.3) is 0 Å². The van der Waals surface area contributed by atoms with Gasteiger partial charge in [-0.3, -0.25) is 9.80 Å². The van der Waals surface area contributed by atoms with Crippen molar-refractivity contribution in [1.82, 2.24) is 9.80 Å². The van der Waals surface area contributed by atoms with Crippen molar-refractivity contribution < 1.29 is 9.47 Å². The predicted octanol–water partition coefficient (Wildman–Crippen LogP) is 0.780. The molecule has 20 heavy (non-hydrogen) atoms. The molecule has 1 saturated heterocycles. The molecule has 1 aromatic rings. The first-order chi connectivity index (χ1) is 9.75. The van der Waals surface area contributed by atoms with Crippen LogP contribution in [0.1, 0.15) is 5.56 Å². The number of rotatable bonds is 6. The van der Waals surface area contributed by atoms with Gasteiger partial charge in [0.05, 0.1) is 14.2 Å². The van der Waals surface area contributed by atoms with Crippen molar-refractivity contribution in [2.75, 3.05) is 53.5 Å². The lowest BCUT2D eigenvalue weighted by molar-refractivity contribution is 0.129. The predicted molar refractivity (Wildman–Crippen MR) is 80.3 cm³/mol. The van der Waals surface area contributed by atoms with Gasteiger partial charge in [-0.1, -0.05) is 0 Å². The molecular formula is C15H25N3O2. The maximum Gasteiger partial charge on any atom is 0.122 e. The molecule has 1 aliphatic heterocycles. The van der Waals surface area contributed by atoms with Gasteiger partial charge in [0, 0.05) is 51.9 Å². The van der Waals surface area contributed by atoms with Gasteiger partial charge in [-0.15, -0.1) is 0 Å². The standard InChI is InChI=1S/C15H25N3O2/c1-19-14-9-13(10-15(11-14)20-2)12-18-7-5-17(4-3-16)6-8-18/h9-11H,3-8,12,16H2,1-2H3. The van der Waals surface area contributed by atoms with Crippen LogP contribution in [0.25, 0.3) is 0 Å². The van der Waals surface area contributed by atoms with Crippen molar-refractivity contribution in [3.8, 4) is 11.5 Å². The Morgan fingerprint density at radius 2 is 1.50 bits per heavy atom. The molecule has 0 saturated carbocycles. The van der Waals surface area contributed by atoms with Gasteiger partial charge in [-0.2, -0.15) is 0 Å². The molecule has 5 nitrogen and oxygen atoms in total. The largest absolute Gasteiger partial charge is 0.497 e. The topological polar surface area (TPSA) is 51.0 Å². The van der Waals surface area contributed by atoms with E-state index in [-0.39, 0.29) is 0 Å². The summed E-state index contributed by atoms with van der Waals surface area (Å²) in [5, 5.41) is 0. The number of benzene rings is 1. The van der Waals surface area contributed by atoms with E-state index in [2.05, 4.69) is 21.9 Å². The molecule has 2 N–H and O–H groups in total. The van der Waals surface area contributed by atoms with Gasteiger partial charge in [-0.25, -0.2) is 0 Å². The van der Waals surface area contributed by atoms with Crippen molar-refractivity contribution in [2.45, 2.75) is 6.54 Å². The van der Waals surface area contributed by atoms with Crippen LogP contribution in [0.5, 0.6) is 11.5 Å². The smallest absolute Gasteiger partial charge is 0.122 e. The van der Waals surface area contributed by atoms with Gasteiger partial charge >= 0.3 is 0 Å². The van der Waals surface area contributed by atoms with Crippen LogP contribution in [-0.4, -0.2) is 63.3 Å². The number of nitrogens with two attached hydrogens (primary N) is 1. The number of nitrogens with zero attached hydrogens (tertiary/aromatic N) is 2. The van der Waals surface area contributed by atoms with Crippen LogP contribution >= 0.6 is 0 Å². The Morgan fingerprint density at radius 3 is 2.00 bits per heavy atom. The molecule has 0 aromatic heterocycles. The van der Waals surface area contributed by atoms with Crippen molar-refractivity contribution in [2.24, 2.45) is 5.73 Å². The molecule has 1 aliphatic rings. The fourth-order valence-electron chi connectivity index (χ4n) is 2.57. The van der Waals surface area contributed by atoms with Gasteiger partial charge in [0.2, 0.25) is 0 Å². The van der Waals surface area contributed by atoms with E-state index < -0.39 is 0 Å². The van der Waals surface area contributed by atoms with Crippen molar-refractivity contribution in [3.63, 3.8) is 0 Å². The number of methoxy groups -OCH3 is 2. The summed E-state index contributed by atoms with van der Waals surface area (Å²) in [6.45, 7) is 7.04. The van der Waals surface area contributed by atoms with Gasteiger partial charge < -0.3 is 15.2 Å². The molecule has 5 heteroatoms. The molecule has 0 aliphatic carbocycles. The van der Waals surface area contributed by atoms with E-state index in [9.17, 15) is 0 Å². The van der Waals surface area contributed by atoms with Gasteiger partial charge in [0.1, 0.15) is 11.5 Å². The quantitative estimate of drug-likeness (QED) is 0.834. The molecule has 1 aromatic carbocycles. The molecule has 1 heterocycles. The average molecular weight is 279 g/mol. The average Bonchev–Trinajstić information content (AvgIpc) is 2.49. The number of hydrogen-bond donors (Lipinski definition) is 1. The zero-order chi connectivity index (χ0) is 14.4. The van der Waals surface area contributed by atoms with Crippen LogP contribution < -0.4 is 15.2 Å². The lowest BCUT2D eigenvalue weighted by Crippen LogP contribution is -2.47. The van der Waals surface area contributed by atoms with E-state index in [4.69, 9.17) is 15.2 Å². The Balaban J connectivity index is 1.93. The Labute approximate surface area is 121 Å². The summed E-state index contributed by atoms with van der Waals surface area (Å²) in [6.07, 6.45) is 0. The Bertz CT molecular complexity index is 395. The van der Waals surface area contributed by atoms with Crippen LogP contribution in [-0.2, 0) is 6.54 Å². The number of ether oxygens (including phenoxy) is 2. The lowest BCUT2D eigenvalue weighted by Gasteiger charge is -2.34. The van der Waals surface area contributed by atoms with E-state index >= 15 is 0 Å². The summed E-state index contributed by atoms with van der Waals surface area (Å²) in [5.74, 6) is 1.70. The van der Waals surface area contributed by atoms with Crippen molar-refractivity contribution in [1.29, 1.82) is 0 Å². The van der Waals surface area contributed by atoms with Gasteiger partial charge in [0.15, 0.2) is 0 Å². The second-order valence-electron chi connectivity index (χ2n) is 5.13. The maximum atomic E-state index is 5.60. The summed E-state index contributed by atoms with van der Waals surface area (Å²) >= 11 is 0. The van der Waals surface area contributed by atoms with Gasteiger partial charge in [-0.05, 0) is 17.7 Å². The van der Waals surface area contributed by atoms with E-state index in [0.29, 0.717) is 0 Å². The molecule has 0 atom stereocenters. The fraction of sp³-hybridized carbons (Fsp3) is 0.600. The first-order valence-electron chi connectivity index (χ1n) is 7.12. The van der Waals surface area contributed by atoms with Crippen molar-refractivity contribution >= 4 is 0 Å². The minimum absolute atomic E-state index is 0.743. The van der Waals surface area contributed by atoms with E-state index in [1.54, 1.807) is 14.2 Å². The highest BCUT2D eigenvalue weighted by Gasteiger charge is 2.16. The van der Waals surface area contributed by atoms with Crippen LogP contribution in [0.3, 0.4) is 0 Å². The highest BCUT2D eigenvalue weighted by molar-refractivity contribution is 5.38. The molecule has 2 rings (SSSR count). The minimum Gasteiger partial charge on any atom is -0.497 e.